The molecule has 6 heteroatoms. The first-order valence-electron chi connectivity index (χ1n) is 6.22. The smallest absolute Gasteiger partial charge is 0.326 e. The maximum atomic E-state index is 12.2. The number of allylic oxidation sites excluding steroid dienone is 2. The first kappa shape index (κ1) is 15.5. The third-order valence-electron chi connectivity index (χ3n) is 2.90. The molecule has 1 fully saturated rings. The maximum absolute atomic E-state index is 12.2. The largest absolute Gasteiger partial charge is 0.480 e. The highest BCUT2D eigenvalue weighted by atomic mass is 32.2. The molecule has 108 valence electrons. The summed E-state index contributed by atoms with van der Waals surface area (Å²) in [5.74, 6) is -1.44. The standard InChI is InChI=1S/C15H13NO3S2/c1-10(14(18)19)16-13(17)12(21-15(16)20)9-5-8-11-6-3-2-4-7-11/h2-10H,1H3,(H,18,19)/t10-/m1/s1. The summed E-state index contributed by atoms with van der Waals surface area (Å²) < 4.78 is 0.272. The second-order valence-corrected chi connectivity index (χ2v) is 6.03. The summed E-state index contributed by atoms with van der Waals surface area (Å²) in [7, 11) is 0. The molecule has 1 atom stereocenters. The Morgan fingerprint density at radius 3 is 2.67 bits per heavy atom. The Bertz CT molecular complexity index is 638. The second kappa shape index (κ2) is 6.69. The van der Waals surface area contributed by atoms with Gasteiger partial charge in [-0.1, -0.05) is 66.5 Å². The van der Waals surface area contributed by atoms with Crippen LogP contribution >= 0.6 is 24.0 Å². The quantitative estimate of drug-likeness (QED) is 0.683. The number of rotatable bonds is 4. The van der Waals surface area contributed by atoms with Crippen molar-refractivity contribution in [2.24, 2.45) is 0 Å². The molecule has 1 aliphatic rings. The molecule has 0 saturated carbocycles. The molecule has 2 rings (SSSR count). The van der Waals surface area contributed by atoms with Crippen molar-refractivity contribution in [2.75, 3.05) is 0 Å². The Kier molecular flexibility index (Phi) is 4.93. The summed E-state index contributed by atoms with van der Waals surface area (Å²) in [6.07, 6.45) is 5.28. The first-order valence-corrected chi connectivity index (χ1v) is 7.45. The zero-order valence-electron chi connectivity index (χ0n) is 11.2. The normalized spacial score (nSPS) is 18.7. The number of carboxylic acids is 1. The Morgan fingerprint density at radius 1 is 1.38 bits per heavy atom. The van der Waals surface area contributed by atoms with Crippen molar-refractivity contribution in [1.29, 1.82) is 0 Å². The van der Waals surface area contributed by atoms with E-state index in [2.05, 4.69) is 0 Å². The molecule has 0 aliphatic carbocycles. The number of hydrogen-bond acceptors (Lipinski definition) is 4. The van der Waals surface area contributed by atoms with E-state index in [1.807, 2.05) is 36.4 Å². The van der Waals surface area contributed by atoms with Crippen LogP contribution in [0.15, 0.2) is 47.4 Å². The summed E-state index contributed by atoms with van der Waals surface area (Å²) in [5.41, 5.74) is 1.02. The van der Waals surface area contributed by atoms with Gasteiger partial charge in [-0.15, -0.1) is 0 Å². The molecular weight excluding hydrogens is 306 g/mol. The number of carbonyl (C=O) groups is 2. The number of benzene rings is 1. The number of nitrogens with zero attached hydrogens (tertiary/aromatic N) is 1. The van der Waals surface area contributed by atoms with E-state index < -0.39 is 12.0 Å². The number of hydrogen-bond donors (Lipinski definition) is 1. The summed E-state index contributed by atoms with van der Waals surface area (Å²) in [4.78, 5) is 24.7. The van der Waals surface area contributed by atoms with Crippen LogP contribution < -0.4 is 0 Å². The van der Waals surface area contributed by atoms with Crippen LogP contribution in [0.25, 0.3) is 6.08 Å². The molecule has 1 saturated heterocycles. The second-order valence-electron chi connectivity index (χ2n) is 4.36. The average Bonchev–Trinajstić information content (AvgIpc) is 2.74. The highest BCUT2D eigenvalue weighted by Crippen LogP contribution is 2.32. The highest BCUT2D eigenvalue weighted by molar-refractivity contribution is 8.26. The van der Waals surface area contributed by atoms with Crippen molar-refractivity contribution in [1.82, 2.24) is 4.90 Å². The monoisotopic (exact) mass is 319 g/mol. The number of aliphatic carboxylic acids is 1. The molecule has 1 heterocycles. The van der Waals surface area contributed by atoms with Crippen LogP contribution in [0.1, 0.15) is 12.5 Å². The van der Waals surface area contributed by atoms with E-state index in [4.69, 9.17) is 17.3 Å². The predicted molar refractivity (Wildman–Crippen MR) is 87.7 cm³/mol. The van der Waals surface area contributed by atoms with Gasteiger partial charge in [0.2, 0.25) is 0 Å². The van der Waals surface area contributed by atoms with Crippen molar-refractivity contribution < 1.29 is 14.7 Å². The molecular formula is C15H13NO3S2. The van der Waals surface area contributed by atoms with Gasteiger partial charge in [0.05, 0.1) is 4.91 Å². The van der Waals surface area contributed by atoms with E-state index in [1.54, 1.807) is 12.2 Å². The Hall–Kier alpha value is -1.92. The van der Waals surface area contributed by atoms with Gasteiger partial charge >= 0.3 is 5.97 Å². The van der Waals surface area contributed by atoms with Gasteiger partial charge in [0, 0.05) is 0 Å². The van der Waals surface area contributed by atoms with E-state index >= 15 is 0 Å². The minimum atomic E-state index is -1.08. The van der Waals surface area contributed by atoms with Crippen LogP contribution in [0.2, 0.25) is 0 Å². The first-order chi connectivity index (χ1) is 10.0. The lowest BCUT2D eigenvalue weighted by atomic mass is 10.2. The van der Waals surface area contributed by atoms with Gasteiger partial charge in [-0.2, -0.15) is 0 Å². The van der Waals surface area contributed by atoms with Crippen LogP contribution in [0.3, 0.4) is 0 Å². The fraction of sp³-hybridized carbons (Fsp3) is 0.133. The molecule has 1 N–H and O–H groups in total. The van der Waals surface area contributed by atoms with Gasteiger partial charge < -0.3 is 5.11 Å². The lowest BCUT2D eigenvalue weighted by Gasteiger charge is -2.18. The van der Waals surface area contributed by atoms with Crippen LogP contribution in [-0.4, -0.2) is 32.2 Å². The topological polar surface area (TPSA) is 57.6 Å². The van der Waals surface area contributed by atoms with Gasteiger partial charge in [-0.3, -0.25) is 9.69 Å². The van der Waals surface area contributed by atoms with Crippen LogP contribution in [0.5, 0.6) is 0 Å². The van der Waals surface area contributed by atoms with E-state index in [9.17, 15) is 9.59 Å². The van der Waals surface area contributed by atoms with Crippen molar-refractivity contribution >= 4 is 46.3 Å². The number of amides is 1. The van der Waals surface area contributed by atoms with Gasteiger partial charge in [0.15, 0.2) is 0 Å². The lowest BCUT2D eigenvalue weighted by molar-refractivity contribution is -0.144. The molecule has 0 bridgehead atoms. The number of thiocarbonyl (C=S) groups is 1. The van der Waals surface area contributed by atoms with Gasteiger partial charge in [-0.25, -0.2) is 4.79 Å². The Labute approximate surface area is 132 Å². The van der Waals surface area contributed by atoms with Crippen molar-refractivity contribution in [3.63, 3.8) is 0 Å². The minimum Gasteiger partial charge on any atom is -0.480 e. The third kappa shape index (κ3) is 3.59. The average molecular weight is 319 g/mol. The van der Waals surface area contributed by atoms with Gasteiger partial charge in [-0.05, 0) is 18.6 Å². The number of carboxylic acid groups (broad SMARTS) is 1. The van der Waals surface area contributed by atoms with E-state index in [0.29, 0.717) is 4.91 Å². The predicted octanol–water partition coefficient (Wildman–Crippen LogP) is 2.92. The summed E-state index contributed by atoms with van der Waals surface area (Å²) in [6.45, 7) is 1.44. The molecule has 1 aliphatic heterocycles. The van der Waals surface area contributed by atoms with E-state index in [-0.39, 0.29) is 10.2 Å². The number of thioether (sulfide) groups is 1. The molecule has 0 unspecified atom stereocenters. The zero-order valence-corrected chi connectivity index (χ0v) is 12.9. The number of carbonyl (C=O) groups excluding carboxylic acids is 1. The zero-order chi connectivity index (χ0) is 15.4. The molecule has 1 amide bonds. The van der Waals surface area contributed by atoms with Crippen molar-refractivity contribution in [3.05, 3.63) is 53.0 Å². The molecule has 4 nitrogen and oxygen atoms in total. The molecule has 1 aromatic carbocycles. The molecule has 21 heavy (non-hydrogen) atoms. The fourth-order valence-corrected chi connectivity index (χ4v) is 3.12. The summed E-state index contributed by atoms with van der Waals surface area (Å²) >= 11 is 6.19. The molecule has 1 aromatic rings. The van der Waals surface area contributed by atoms with Gasteiger partial charge in [0.1, 0.15) is 10.4 Å². The van der Waals surface area contributed by atoms with Crippen molar-refractivity contribution in [2.45, 2.75) is 13.0 Å². The summed E-state index contributed by atoms with van der Waals surface area (Å²) in [6, 6.07) is 8.71. The van der Waals surface area contributed by atoms with Gasteiger partial charge in [0.25, 0.3) is 5.91 Å². The molecule has 0 aromatic heterocycles. The molecule has 0 spiro atoms. The van der Waals surface area contributed by atoms with E-state index in [0.717, 1.165) is 22.2 Å². The van der Waals surface area contributed by atoms with Crippen LogP contribution in [0, 0.1) is 0 Å². The third-order valence-corrected chi connectivity index (χ3v) is 4.25. The Morgan fingerprint density at radius 2 is 2.05 bits per heavy atom. The fourth-order valence-electron chi connectivity index (χ4n) is 1.75. The van der Waals surface area contributed by atoms with Crippen molar-refractivity contribution in [3.8, 4) is 0 Å². The Balaban J connectivity index is 2.14. The summed E-state index contributed by atoms with van der Waals surface area (Å²) in [5, 5.41) is 8.99. The lowest BCUT2D eigenvalue weighted by Crippen LogP contribution is -2.41. The van der Waals surface area contributed by atoms with Crippen LogP contribution in [-0.2, 0) is 9.59 Å². The maximum Gasteiger partial charge on any atom is 0.326 e. The van der Waals surface area contributed by atoms with Crippen LogP contribution in [0.4, 0.5) is 0 Å². The minimum absolute atomic E-state index is 0.272. The highest BCUT2D eigenvalue weighted by Gasteiger charge is 2.37. The van der Waals surface area contributed by atoms with E-state index in [1.165, 1.54) is 6.92 Å². The molecule has 0 radical (unpaired) electrons. The SMILES string of the molecule is C[C@H](C(=O)O)N1C(=O)C(=CC=Cc2ccccc2)SC1=S.